The molecule has 0 aromatic rings. The summed E-state index contributed by atoms with van der Waals surface area (Å²) in [7, 11) is 0. The van der Waals surface area contributed by atoms with Crippen LogP contribution in [0.5, 0.6) is 0 Å². The molecule has 0 spiro atoms. The van der Waals surface area contributed by atoms with Crippen LogP contribution in [0.15, 0.2) is 11.6 Å². The molecule has 0 aromatic heterocycles. The Hall–Kier alpha value is -0.870. The van der Waals surface area contributed by atoms with Crippen molar-refractivity contribution in [2.45, 2.75) is 117 Å². The minimum atomic E-state index is -0.820. The number of nitrogens with zero attached hydrogens (tertiary/aromatic N) is 1. The molecule has 1 rings (SSSR count). The van der Waals surface area contributed by atoms with Gasteiger partial charge in [-0.2, -0.15) is 5.06 Å². The summed E-state index contributed by atoms with van der Waals surface area (Å²) in [5.74, 6) is -0.548. The second kappa shape index (κ2) is 11.2. The lowest BCUT2D eigenvalue weighted by atomic mass is 9.75. The highest BCUT2D eigenvalue weighted by molar-refractivity contribution is 5.85. The average Bonchev–Trinajstić information content (AvgIpc) is 2.54. The SMILES string of the molecule is CCCCCCCCCCON1C(C)(C)CC(C=C(C)C(=O)O)CC1(C)C. The molecule has 0 amide bonds. The molecular formula is C23H43NO3. The number of rotatable bonds is 12. The van der Waals surface area contributed by atoms with Gasteiger partial charge in [0.2, 0.25) is 0 Å². The highest BCUT2D eigenvalue weighted by atomic mass is 16.7. The van der Waals surface area contributed by atoms with Crippen molar-refractivity contribution >= 4 is 5.97 Å². The van der Waals surface area contributed by atoms with E-state index in [9.17, 15) is 4.79 Å². The van der Waals surface area contributed by atoms with E-state index < -0.39 is 5.97 Å². The highest BCUT2D eigenvalue weighted by Crippen LogP contribution is 2.42. The topological polar surface area (TPSA) is 49.8 Å². The third-order valence-corrected chi connectivity index (χ3v) is 5.66. The molecule has 1 aliphatic heterocycles. The van der Waals surface area contributed by atoms with Crippen LogP contribution in [0.4, 0.5) is 0 Å². The Bertz CT molecular complexity index is 464. The first-order valence-electron chi connectivity index (χ1n) is 10.9. The predicted octanol–water partition coefficient (Wildman–Crippen LogP) is 6.36. The number of hydroxylamine groups is 2. The Kier molecular flexibility index (Phi) is 10.0. The van der Waals surface area contributed by atoms with Gasteiger partial charge < -0.3 is 5.11 Å². The fourth-order valence-corrected chi connectivity index (χ4v) is 4.62. The number of unbranched alkanes of at least 4 members (excludes halogenated alkanes) is 7. The van der Waals surface area contributed by atoms with Crippen LogP contribution < -0.4 is 0 Å². The molecule has 1 saturated heterocycles. The summed E-state index contributed by atoms with van der Waals surface area (Å²) in [5.41, 5.74) is 0.226. The lowest BCUT2D eigenvalue weighted by Gasteiger charge is -2.53. The van der Waals surface area contributed by atoms with E-state index in [1.165, 1.54) is 44.9 Å². The van der Waals surface area contributed by atoms with Crippen LogP contribution in [0, 0.1) is 5.92 Å². The molecule has 0 bridgehead atoms. The lowest BCUT2D eigenvalue weighted by Crippen LogP contribution is -2.60. The van der Waals surface area contributed by atoms with Gasteiger partial charge in [-0.25, -0.2) is 4.79 Å². The van der Waals surface area contributed by atoms with Crippen molar-refractivity contribution < 1.29 is 14.7 Å². The van der Waals surface area contributed by atoms with Crippen molar-refractivity contribution in [1.29, 1.82) is 0 Å². The molecule has 1 N–H and O–H groups in total. The van der Waals surface area contributed by atoms with Crippen molar-refractivity contribution in [2.75, 3.05) is 6.61 Å². The van der Waals surface area contributed by atoms with Crippen LogP contribution in [-0.2, 0) is 9.63 Å². The first kappa shape index (κ1) is 24.2. The highest BCUT2D eigenvalue weighted by Gasteiger charge is 2.45. The molecule has 0 radical (unpaired) electrons. The van der Waals surface area contributed by atoms with E-state index in [1.807, 2.05) is 6.08 Å². The number of carboxylic acid groups (broad SMARTS) is 1. The molecule has 0 unspecified atom stereocenters. The zero-order valence-electron chi connectivity index (χ0n) is 18.6. The van der Waals surface area contributed by atoms with Gasteiger partial charge in [0.1, 0.15) is 0 Å². The zero-order valence-corrected chi connectivity index (χ0v) is 18.6. The van der Waals surface area contributed by atoms with Crippen LogP contribution in [-0.4, -0.2) is 33.8 Å². The molecule has 0 atom stereocenters. The van der Waals surface area contributed by atoms with E-state index in [1.54, 1.807) is 6.92 Å². The summed E-state index contributed by atoms with van der Waals surface area (Å²) in [6.45, 7) is 13.5. The van der Waals surface area contributed by atoms with E-state index in [0.29, 0.717) is 5.57 Å². The van der Waals surface area contributed by atoms with Gasteiger partial charge in [0.05, 0.1) is 6.61 Å². The molecular weight excluding hydrogens is 338 g/mol. The zero-order chi connectivity index (χ0) is 20.5. The van der Waals surface area contributed by atoms with Gasteiger partial charge in [0.15, 0.2) is 0 Å². The van der Waals surface area contributed by atoms with Crippen LogP contribution in [0.1, 0.15) is 106 Å². The van der Waals surface area contributed by atoms with Crippen molar-refractivity contribution in [3.8, 4) is 0 Å². The minimum absolute atomic E-state index is 0.109. The monoisotopic (exact) mass is 381 g/mol. The van der Waals surface area contributed by atoms with Gasteiger partial charge in [-0.05, 0) is 59.8 Å². The molecule has 1 heterocycles. The Labute approximate surface area is 167 Å². The maximum Gasteiger partial charge on any atom is 0.330 e. The maximum absolute atomic E-state index is 11.2. The minimum Gasteiger partial charge on any atom is -0.478 e. The third-order valence-electron chi connectivity index (χ3n) is 5.66. The molecule has 4 heteroatoms. The fraction of sp³-hybridized carbons (Fsp3) is 0.870. The van der Waals surface area contributed by atoms with E-state index in [0.717, 1.165) is 25.9 Å². The van der Waals surface area contributed by atoms with Gasteiger partial charge in [-0.3, -0.25) is 4.84 Å². The van der Waals surface area contributed by atoms with Crippen molar-refractivity contribution in [2.24, 2.45) is 5.92 Å². The Balaban J connectivity index is 2.45. The summed E-state index contributed by atoms with van der Waals surface area (Å²) in [4.78, 5) is 17.4. The number of aliphatic carboxylic acids is 1. The maximum atomic E-state index is 11.2. The lowest BCUT2D eigenvalue weighted by molar-refractivity contribution is -0.285. The average molecular weight is 382 g/mol. The molecule has 0 saturated carbocycles. The molecule has 0 aliphatic carbocycles. The van der Waals surface area contributed by atoms with Gasteiger partial charge >= 0.3 is 5.97 Å². The summed E-state index contributed by atoms with van der Waals surface area (Å²) in [5, 5.41) is 11.4. The first-order chi connectivity index (χ1) is 12.6. The summed E-state index contributed by atoms with van der Waals surface area (Å²) in [6.07, 6.45) is 14.2. The number of carbonyl (C=O) groups is 1. The van der Waals surface area contributed by atoms with E-state index in [-0.39, 0.29) is 17.0 Å². The molecule has 158 valence electrons. The Morgan fingerprint density at radius 3 is 1.96 bits per heavy atom. The second-order valence-corrected chi connectivity index (χ2v) is 9.55. The van der Waals surface area contributed by atoms with Gasteiger partial charge in [-0.1, -0.05) is 57.9 Å². The van der Waals surface area contributed by atoms with Crippen LogP contribution in [0.25, 0.3) is 0 Å². The molecule has 27 heavy (non-hydrogen) atoms. The standard InChI is InChI=1S/C23H43NO3/c1-7-8-9-10-11-12-13-14-15-27-24-22(3,4)17-20(18-23(24,5)6)16-19(2)21(25)26/h16,20H,7-15,17-18H2,1-6H3,(H,25,26). The number of hydrogen-bond acceptors (Lipinski definition) is 3. The molecule has 1 aliphatic rings. The number of piperidine rings is 1. The number of allylic oxidation sites excluding steroid dienone is 1. The predicted molar refractivity (Wildman–Crippen MR) is 113 cm³/mol. The fourth-order valence-electron chi connectivity index (χ4n) is 4.62. The van der Waals surface area contributed by atoms with Crippen LogP contribution in [0.3, 0.4) is 0 Å². The number of hydrogen-bond donors (Lipinski definition) is 1. The van der Waals surface area contributed by atoms with Gasteiger partial charge in [0.25, 0.3) is 0 Å². The first-order valence-corrected chi connectivity index (χ1v) is 10.9. The Morgan fingerprint density at radius 1 is 1.00 bits per heavy atom. The molecule has 0 aromatic carbocycles. The number of carboxylic acids is 1. The normalized spacial score (nSPS) is 20.7. The van der Waals surface area contributed by atoms with Crippen LogP contribution >= 0.6 is 0 Å². The summed E-state index contributed by atoms with van der Waals surface area (Å²) < 4.78 is 0. The van der Waals surface area contributed by atoms with Crippen molar-refractivity contribution in [1.82, 2.24) is 5.06 Å². The van der Waals surface area contributed by atoms with Gasteiger partial charge in [-0.15, -0.1) is 0 Å². The third kappa shape index (κ3) is 8.35. The molecule has 1 fully saturated rings. The summed E-state index contributed by atoms with van der Waals surface area (Å²) >= 11 is 0. The van der Waals surface area contributed by atoms with E-state index in [4.69, 9.17) is 9.94 Å². The van der Waals surface area contributed by atoms with Crippen molar-refractivity contribution in [3.05, 3.63) is 11.6 Å². The smallest absolute Gasteiger partial charge is 0.330 e. The second-order valence-electron chi connectivity index (χ2n) is 9.55. The largest absolute Gasteiger partial charge is 0.478 e. The molecule has 4 nitrogen and oxygen atoms in total. The Morgan fingerprint density at radius 2 is 1.48 bits per heavy atom. The van der Waals surface area contributed by atoms with Crippen LogP contribution in [0.2, 0.25) is 0 Å². The van der Waals surface area contributed by atoms with Crippen molar-refractivity contribution in [3.63, 3.8) is 0 Å². The quantitative estimate of drug-likeness (QED) is 0.316. The van der Waals surface area contributed by atoms with E-state index in [2.05, 4.69) is 39.7 Å². The summed E-state index contributed by atoms with van der Waals surface area (Å²) in [6, 6.07) is 0. The van der Waals surface area contributed by atoms with E-state index >= 15 is 0 Å². The van der Waals surface area contributed by atoms with Gasteiger partial charge in [0, 0.05) is 16.7 Å².